The van der Waals surface area contributed by atoms with Crippen molar-refractivity contribution in [2.24, 2.45) is 0 Å². The number of nitrogens with one attached hydrogen (secondary N) is 1. The van der Waals surface area contributed by atoms with Gasteiger partial charge in [-0.3, -0.25) is 14.5 Å². The highest BCUT2D eigenvalue weighted by atomic mass is 35.5. The van der Waals surface area contributed by atoms with E-state index in [1.54, 1.807) is 67.8 Å². The molecule has 5 nitrogen and oxygen atoms in total. The molecule has 3 aromatic carbocycles. The second-order valence-electron chi connectivity index (χ2n) is 6.91. The normalized spacial score (nSPS) is 13.7. The lowest BCUT2D eigenvalue weighted by atomic mass is 10.0. The summed E-state index contributed by atoms with van der Waals surface area (Å²) in [6.07, 6.45) is 0. The van der Waals surface area contributed by atoms with E-state index in [4.69, 9.17) is 27.9 Å². The zero-order chi connectivity index (χ0) is 22.0. The van der Waals surface area contributed by atoms with E-state index < -0.39 is 5.91 Å². The molecule has 2 amide bonds. The first-order valence-corrected chi connectivity index (χ1v) is 10.2. The van der Waals surface area contributed by atoms with Crippen LogP contribution in [0.25, 0.3) is 5.57 Å². The molecule has 3 aromatic rings. The van der Waals surface area contributed by atoms with Gasteiger partial charge in [-0.1, -0.05) is 59.6 Å². The third-order valence-corrected chi connectivity index (χ3v) is 5.43. The van der Waals surface area contributed by atoms with Crippen LogP contribution in [0, 0.1) is 0 Å². The lowest BCUT2D eigenvalue weighted by Gasteiger charge is -2.16. The highest BCUT2D eigenvalue weighted by Crippen LogP contribution is 2.34. The van der Waals surface area contributed by atoms with Crippen molar-refractivity contribution in [3.05, 3.63) is 99.7 Å². The van der Waals surface area contributed by atoms with E-state index in [2.05, 4.69) is 5.32 Å². The molecule has 1 aliphatic heterocycles. The summed E-state index contributed by atoms with van der Waals surface area (Å²) < 4.78 is 5.38. The Bertz CT molecular complexity index is 1170. The molecular formula is C24H18Cl2N2O3. The van der Waals surface area contributed by atoms with Gasteiger partial charge in [0.25, 0.3) is 11.8 Å². The van der Waals surface area contributed by atoms with Crippen LogP contribution in [0.1, 0.15) is 11.1 Å². The summed E-state index contributed by atoms with van der Waals surface area (Å²) >= 11 is 12.0. The number of halogens is 2. The van der Waals surface area contributed by atoms with E-state index in [1.807, 2.05) is 12.1 Å². The Balaban J connectivity index is 1.75. The van der Waals surface area contributed by atoms with Crippen LogP contribution in [0.2, 0.25) is 10.0 Å². The van der Waals surface area contributed by atoms with Gasteiger partial charge in [0.1, 0.15) is 11.4 Å². The molecule has 0 unspecified atom stereocenters. The summed E-state index contributed by atoms with van der Waals surface area (Å²) in [5.41, 5.74) is 2.44. The molecule has 4 rings (SSSR count). The number of ether oxygens (including phenoxy) is 1. The molecule has 1 heterocycles. The Morgan fingerprint density at radius 2 is 1.45 bits per heavy atom. The van der Waals surface area contributed by atoms with Gasteiger partial charge in [0.15, 0.2) is 0 Å². The van der Waals surface area contributed by atoms with Crippen molar-refractivity contribution in [2.45, 2.75) is 6.54 Å². The lowest BCUT2D eigenvalue weighted by molar-refractivity contribution is -0.137. The van der Waals surface area contributed by atoms with Crippen molar-refractivity contribution < 1.29 is 14.3 Å². The zero-order valence-corrected chi connectivity index (χ0v) is 18.1. The van der Waals surface area contributed by atoms with Gasteiger partial charge in [-0.2, -0.15) is 0 Å². The molecule has 1 aliphatic rings. The number of hydrogen-bond donors (Lipinski definition) is 1. The Morgan fingerprint density at radius 1 is 0.839 bits per heavy atom. The van der Waals surface area contributed by atoms with Crippen molar-refractivity contribution in [2.75, 3.05) is 12.4 Å². The molecule has 0 atom stereocenters. The summed E-state index contributed by atoms with van der Waals surface area (Å²) in [5, 5.41) is 4.24. The van der Waals surface area contributed by atoms with Gasteiger partial charge in [0.05, 0.1) is 24.9 Å². The SMILES string of the molecule is COc1ccccc1NC1=C(c2ccc(Cl)cc2)C(=O)N(Cc2ccc(Cl)cc2)C1=O. The van der Waals surface area contributed by atoms with Crippen LogP contribution >= 0.6 is 23.2 Å². The number of amides is 2. The molecule has 31 heavy (non-hydrogen) atoms. The van der Waals surface area contributed by atoms with Crippen molar-refractivity contribution in [3.8, 4) is 5.75 Å². The highest BCUT2D eigenvalue weighted by molar-refractivity contribution is 6.37. The quantitative estimate of drug-likeness (QED) is 0.509. The summed E-state index contributed by atoms with van der Waals surface area (Å²) in [5.74, 6) is -0.252. The predicted octanol–water partition coefficient (Wildman–Crippen LogP) is 5.39. The lowest BCUT2D eigenvalue weighted by Crippen LogP contribution is -2.32. The topological polar surface area (TPSA) is 58.6 Å². The molecule has 0 radical (unpaired) electrons. The Morgan fingerprint density at radius 3 is 2.10 bits per heavy atom. The van der Waals surface area contributed by atoms with Gasteiger partial charge in [-0.25, -0.2) is 0 Å². The van der Waals surface area contributed by atoms with Gasteiger partial charge in [-0.15, -0.1) is 0 Å². The van der Waals surface area contributed by atoms with E-state index >= 15 is 0 Å². The monoisotopic (exact) mass is 452 g/mol. The molecule has 0 aromatic heterocycles. The minimum atomic E-state index is -0.421. The number of para-hydroxylation sites is 2. The molecule has 0 fully saturated rings. The number of imide groups is 1. The number of benzene rings is 3. The fourth-order valence-electron chi connectivity index (χ4n) is 3.37. The van der Waals surface area contributed by atoms with Crippen LogP contribution in [0.5, 0.6) is 5.75 Å². The maximum Gasteiger partial charge on any atom is 0.278 e. The molecule has 156 valence electrons. The fraction of sp³-hybridized carbons (Fsp3) is 0.0833. The second-order valence-corrected chi connectivity index (χ2v) is 7.78. The van der Waals surface area contributed by atoms with Crippen molar-refractivity contribution in [1.82, 2.24) is 4.90 Å². The van der Waals surface area contributed by atoms with E-state index in [1.165, 1.54) is 4.90 Å². The summed E-state index contributed by atoms with van der Waals surface area (Å²) in [6.45, 7) is 0.128. The number of nitrogens with zero attached hydrogens (tertiary/aromatic N) is 1. The maximum atomic E-state index is 13.3. The van der Waals surface area contributed by atoms with E-state index in [9.17, 15) is 9.59 Å². The Labute approximate surface area is 189 Å². The molecule has 0 saturated carbocycles. The minimum absolute atomic E-state index is 0.128. The average molecular weight is 453 g/mol. The fourth-order valence-corrected chi connectivity index (χ4v) is 3.63. The Kier molecular flexibility index (Phi) is 5.98. The highest BCUT2D eigenvalue weighted by Gasteiger charge is 2.39. The summed E-state index contributed by atoms with van der Waals surface area (Å²) in [6, 6.07) is 21.0. The first kappa shape index (κ1) is 21.0. The average Bonchev–Trinajstić information content (AvgIpc) is 3.00. The van der Waals surface area contributed by atoms with Gasteiger partial charge in [0, 0.05) is 10.0 Å². The molecule has 1 N–H and O–H groups in total. The number of rotatable bonds is 6. The van der Waals surface area contributed by atoms with Gasteiger partial charge >= 0.3 is 0 Å². The van der Waals surface area contributed by atoms with Crippen LogP contribution < -0.4 is 10.1 Å². The van der Waals surface area contributed by atoms with Gasteiger partial charge < -0.3 is 10.1 Å². The molecular weight excluding hydrogens is 435 g/mol. The minimum Gasteiger partial charge on any atom is -0.495 e. The van der Waals surface area contributed by atoms with Crippen molar-refractivity contribution >= 4 is 46.3 Å². The predicted molar refractivity (Wildman–Crippen MR) is 122 cm³/mol. The first-order valence-electron chi connectivity index (χ1n) is 9.49. The maximum absolute atomic E-state index is 13.3. The van der Waals surface area contributed by atoms with Gasteiger partial charge in [0.2, 0.25) is 0 Å². The second kappa shape index (κ2) is 8.84. The largest absolute Gasteiger partial charge is 0.495 e. The smallest absolute Gasteiger partial charge is 0.278 e. The molecule has 0 bridgehead atoms. The number of carbonyl (C=O) groups excluding carboxylic acids is 2. The number of hydrogen-bond acceptors (Lipinski definition) is 4. The van der Waals surface area contributed by atoms with Crippen LogP contribution in [0.3, 0.4) is 0 Å². The summed E-state index contributed by atoms with van der Waals surface area (Å²) in [7, 11) is 1.55. The standard InChI is InChI=1S/C24H18Cl2N2O3/c1-31-20-5-3-2-4-19(20)27-22-21(16-8-12-18(26)13-9-16)23(29)28(24(22)30)14-15-6-10-17(25)11-7-15/h2-13,27H,14H2,1H3. The molecule has 0 aliphatic carbocycles. The van der Waals surface area contributed by atoms with Crippen molar-refractivity contribution in [1.29, 1.82) is 0 Å². The molecule has 7 heteroatoms. The first-order chi connectivity index (χ1) is 15.0. The van der Waals surface area contributed by atoms with Crippen LogP contribution in [-0.4, -0.2) is 23.8 Å². The number of carbonyl (C=O) groups is 2. The van der Waals surface area contributed by atoms with Crippen molar-refractivity contribution in [3.63, 3.8) is 0 Å². The van der Waals surface area contributed by atoms with E-state index in [0.29, 0.717) is 27.0 Å². The van der Waals surface area contributed by atoms with Gasteiger partial charge in [-0.05, 0) is 47.5 Å². The van der Waals surface area contributed by atoms with Crippen LogP contribution in [-0.2, 0) is 16.1 Å². The number of anilines is 1. The van der Waals surface area contributed by atoms with Crippen LogP contribution in [0.4, 0.5) is 5.69 Å². The zero-order valence-electron chi connectivity index (χ0n) is 16.6. The number of methoxy groups -OCH3 is 1. The molecule has 0 spiro atoms. The Hall–Kier alpha value is -3.28. The van der Waals surface area contributed by atoms with Crippen LogP contribution in [0.15, 0.2) is 78.5 Å². The third-order valence-electron chi connectivity index (χ3n) is 4.92. The third kappa shape index (κ3) is 4.29. The molecule has 0 saturated heterocycles. The van der Waals surface area contributed by atoms with E-state index in [-0.39, 0.29) is 23.7 Å². The van der Waals surface area contributed by atoms with E-state index in [0.717, 1.165) is 5.56 Å². The summed E-state index contributed by atoms with van der Waals surface area (Å²) in [4.78, 5) is 27.9.